The van der Waals surface area contributed by atoms with Crippen molar-refractivity contribution in [2.75, 3.05) is 0 Å². The van der Waals surface area contributed by atoms with Gasteiger partial charge in [0, 0.05) is 43.3 Å². The van der Waals surface area contributed by atoms with Crippen molar-refractivity contribution in [2.24, 2.45) is 5.10 Å². The molecule has 0 unspecified atom stereocenters. The van der Waals surface area contributed by atoms with Gasteiger partial charge in [-0.05, 0) is 56.7 Å². The number of nitrogens with one attached hydrogen (secondary N) is 1. The van der Waals surface area contributed by atoms with Crippen molar-refractivity contribution in [2.45, 2.75) is 27.3 Å². The molecule has 0 amide bonds. The van der Waals surface area contributed by atoms with Crippen LogP contribution in [0.25, 0.3) is 5.69 Å². The Morgan fingerprint density at radius 2 is 1.67 bits per heavy atom. The Labute approximate surface area is 174 Å². The van der Waals surface area contributed by atoms with Gasteiger partial charge in [-0.2, -0.15) is 5.10 Å². The lowest BCUT2D eigenvalue weighted by atomic mass is 10.2. The molecule has 3 aromatic rings. The maximum atomic E-state index is 6.29. The number of hydrogen-bond donors (Lipinski definition) is 1. The normalized spacial score (nSPS) is 11.3. The Morgan fingerprint density at radius 3 is 2.33 bits per heavy atom. The summed E-state index contributed by atoms with van der Waals surface area (Å²) in [6.45, 7) is 6.58. The Morgan fingerprint density at radius 1 is 0.963 bits per heavy atom. The van der Waals surface area contributed by atoms with Crippen molar-refractivity contribution in [3.8, 4) is 5.69 Å². The summed E-state index contributed by atoms with van der Waals surface area (Å²) in [5.74, 6) is 0. The van der Waals surface area contributed by atoms with Crippen molar-refractivity contribution < 1.29 is 0 Å². The minimum atomic E-state index is 0.460. The fraction of sp³-hybridized carbons (Fsp3) is 0.190. The molecule has 1 N–H and O–H groups in total. The summed E-state index contributed by atoms with van der Waals surface area (Å²) in [5.41, 5.74) is 9.18. The lowest BCUT2D eigenvalue weighted by Gasteiger charge is -2.11. The summed E-state index contributed by atoms with van der Waals surface area (Å²) >= 11 is 18.6. The van der Waals surface area contributed by atoms with E-state index >= 15 is 0 Å². The van der Waals surface area contributed by atoms with E-state index in [9.17, 15) is 0 Å². The first-order chi connectivity index (χ1) is 12.9. The number of aryl methyl sites for hydroxylation is 2. The van der Waals surface area contributed by atoms with Crippen LogP contribution in [0.2, 0.25) is 15.1 Å². The minimum absolute atomic E-state index is 0.460. The van der Waals surface area contributed by atoms with E-state index < -0.39 is 0 Å². The Hall–Kier alpha value is -1.94. The second-order valence-corrected chi connectivity index (χ2v) is 7.61. The lowest BCUT2D eigenvalue weighted by Crippen LogP contribution is -2.07. The summed E-state index contributed by atoms with van der Waals surface area (Å²) in [6.07, 6.45) is 1.80. The van der Waals surface area contributed by atoms with Crippen LogP contribution in [0.4, 0.5) is 0 Å². The molecule has 3 nitrogen and oxygen atoms in total. The molecule has 3 rings (SSSR count). The minimum Gasteiger partial charge on any atom is -0.318 e. The second-order valence-electron chi connectivity index (χ2n) is 6.39. The Bertz CT molecular complexity index is 986. The van der Waals surface area contributed by atoms with Crippen LogP contribution in [-0.4, -0.2) is 10.8 Å². The van der Waals surface area contributed by atoms with E-state index in [0.717, 1.165) is 38.8 Å². The van der Waals surface area contributed by atoms with Crippen LogP contribution in [0, 0.1) is 20.8 Å². The number of rotatable bonds is 5. The molecule has 0 bridgehead atoms. The van der Waals surface area contributed by atoms with E-state index in [4.69, 9.17) is 34.8 Å². The predicted octanol–water partition coefficient (Wildman–Crippen LogP) is 6.49. The molecule has 0 aliphatic rings. The van der Waals surface area contributed by atoms with Crippen LogP contribution in [0.3, 0.4) is 0 Å². The Balaban J connectivity index is 1.78. The highest BCUT2D eigenvalue weighted by Crippen LogP contribution is 2.25. The van der Waals surface area contributed by atoms with E-state index in [2.05, 4.69) is 41.1 Å². The molecule has 0 atom stereocenters. The van der Waals surface area contributed by atoms with Crippen LogP contribution in [0.5, 0.6) is 0 Å². The van der Waals surface area contributed by atoms with Gasteiger partial charge in [0.25, 0.3) is 0 Å². The highest BCUT2D eigenvalue weighted by Gasteiger charge is 2.10. The molecule has 0 spiro atoms. The van der Waals surface area contributed by atoms with Gasteiger partial charge in [-0.25, -0.2) is 0 Å². The molecule has 0 aliphatic carbocycles. The van der Waals surface area contributed by atoms with Crippen LogP contribution in [0.15, 0.2) is 47.6 Å². The first-order valence-corrected chi connectivity index (χ1v) is 9.66. The Kier molecular flexibility index (Phi) is 6.15. The fourth-order valence-corrected chi connectivity index (χ4v) is 3.68. The molecule has 0 saturated carbocycles. The second kappa shape index (κ2) is 8.39. The van der Waals surface area contributed by atoms with Gasteiger partial charge in [0.1, 0.15) is 0 Å². The molecule has 6 heteroatoms. The maximum absolute atomic E-state index is 6.29. The van der Waals surface area contributed by atoms with E-state index in [-0.39, 0.29) is 0 Å². The quantitative estimate of drug-likeness (QED) is 0.371. The van der Waals surface area contributed by atoms with E-state index in [0.29, 0.717) is 16.6 Å². The monoisotopic (exact) mass is 419 g/mol. The van der Waals surface area contributed by atoms with Crippen molar-refractivity contribution in [3.05, 3.63) is 85.6 Å². The topological polar surface area (TPSA) is 29.3 Å². The molecular weight excluding hydrogens is 401 g/mol. The van der Waals surface area contributed by atoms with Gasteiger partial charge < -0.3 is 9.99 Å². The molecule has 1 aromatic heterocycles. The standard InChI is InChI=1S/C21H20Cl3N3/c1-13-7-8-17(10-21(13)24)27-14(2)9-16(15(27)3)11-25-26-12-18-19(22)5-4-6-20(18)23/h4-11,26H,12H2,1-3H3/b25-11+. The first kappa shape index (κ1) is 19.8. The zero-order valence-electron chi connectivity index (χ0n) is 15.4. The van der Waals surface area contributed by atoms with Crippen LogP contribution >= 0.6 is 34.8 Å². The SMILES string of the molecule is Cc1ccc(-n2c(C)cc(/C=N/NCc3c(Cl)cccc3Cl)c2C)cc1Cl. The van der Waals surface area contributed by atoms with Gasteiger partial charge in [0.05, 0.1) is 12.8 Å². The van der Waals surface area contributed by atoms with Gasteiger partial charge in [-0.3, -0.25) is 0 Å². The maximum Gasteiger partial charge on any atom is 0.0609 e. The van der Waals surface area contributed by atoms with Crippen molar-refractivity contribution >= 4 is 41.0 Å². The summed E-state index contributed by atoms with van der Waals surface area (Å²) in [6, 6.07) is 13.6. The van der Waals surface area contributed by atoms with E-state index in [1.54, 1.807) is 6.21 Å². The van der Waals surface area contributed by atoms with Gasteiger partial charge in [-0.15, -0.1) is 0 Å². The molecule has 0 aliphatic heterocycles. The van der Waals surface area contributed by atoms with E-state index in [1.807, 2.05) is 37.3 Å². The third kappa shape index (κ3) is 4.32. The third-order valence-corrected chi connectivity index (χ3v) is 5.61. The number of benzene rings is 2. The van der Waals surface area contributed by atoms with Crippen LogP contribution in [0.1, 0.15) is 28.1 Å². The zero-order chi connectivity index (χ0) is 19.6. The predicted molar refractivity (Wildman–Crippen MR) is 116 cm³/mol. The number of nitrogens with zero attached hydrogens (tertiary/aromatic N) is 2. The molecule has 0 radical (unpaired) electrons. The van der Waals surface area contributed by atoms with Gasteiger partial charge >= 0.3 is 0 Å². The van der Waals surface area contributed by atoms with Gasteiger partial charge in [-0.1, -0.05) is 46.9 Å². The molecule has 2 aromatic carbocycles. The largest absolute Gasteiger partial charge is 0.318 e. The van der Waals surface area contributed by atoms with Crippen molar-refractivity contribution in [1.82, 2.24) is 9.99 Å². The van der Waals surface area contributed by atoms with Gasteiger partial charge in [0.15, 0.2) is 0 Å². The van der Waals surface area contributed by atoms with Crippen molar-refractivity contribution in [3.63, 3.8) is 0 Å². The molecule has 1 heterocycles. The summed E-state index contributed by atoms with van der Waals surface area (Å²) in [5, 5.41) is 6.34. The highest BCUT2D eigenvalue weighted by molar-refractivity contribution is 6.36. The molecule has 140 valence electrons. The number of aromatic nitrogens is 1. The zero-order valence-corrected chi connectivity index (χ0v) is 17.6. The number of halogens is 3. The average Bonchev–Trinajstić information content (AvgIpc) is 2.90. The fourth-order valence-electron chi connectivity index (χ4n) is 2.98. The summed E-state index contributed by atoms with van der Waals surface area (Å²) in [4.78, 5) is 0. The molecular formula is C21H20Cl3N3. The summed E-state index contributed by atoms with van der Waals surface area (Å²) < 4.78 is 2.16. The lowest BCUT2D eigenvalue weighted by molar-refractivity contribution is 0.748. The highest BCUT2D eigenvalue weighted by atomic mass is 35.5. The van der Waals surface area contributed by atoms with Crippen LogP contribution in [-0.2, 0) is 6.54 Å². The average molecular weight is 421 g/mol. The third-order valence-electron chi connectivity index (χ3n) is 4.50. The van der Waals surface area contributed by atoms with Crippen molar-refractivity contribution in [1.29, 1.82) is 0 Å². The smallest absolute Gasteiger partial charge is 0.0609 e. The molecule has 0 saturated heterocycles. The first-order valence-electron chi connectivity index (χ1n) is 8.52. The van der Waals surface area contributed by atoms with Gasteiger partial charge in [0.2, 0.25) is 0 Å². The number of hydrazone groups is 1. The van der Waals surface area contributed by atoms with Crippen LogP contribution < -0.4 is 5.43 Å². The number of hydrogen-bond acceptors (Lipinski definition) is 2. The molecule has 27 heavy (non-hydrogen) atoms. The van der Waals surface area contributed by atoms with E-state index in [1.165, 1.54) is 0 Å². The summed E-state index contributed by atoms with van der Waals surface area (Å²) in [7, 11) is 0. The molecule has 0 fully saturated rings.